The van der Waals surface area contributed by atoms with Crippen molar-refractivity contribution in [2.75, 3.05) is 6.54 Å². The van der Waals surface area contributed by atoms with Crippen LogP contribution in [0.4, 0.5) is 0 Å². The van der Waals surface area contributed by atoms with Gasteiger partial charge in [-0.2, -0.15) is 0 Å². The molecule has 37 heavy (non-hydrogen) atoms. The van der Waals surface area contributed by atoms with Crippen molar-refractivity contribution in [2.24, 2.45) is 11.8 Å². The van der Waals surface area contributed by atoms with Gasteiger partial charge in [-0.05, 0) is 64.2 Å². The zero-order valence-electron chi connectivity index (χ0n) is 26.1. The maximum atomic E-state index is 13.3. The Morgan fingerprint density at radius 3 is 1.32 bits per heavy atom. The van der Waals surface area contributed by atoms with Crippen molar-refractivity contribution < 1.29 is 18.6 Å². The van der Waals surface area contributed by atoms with E-state index >= 15 is 0 Å². The van der Waals surface area contributed by atoms with Crippen LogP contribution in [0.25, 0.3) is 0 Å². The van der Waals surface area contributed by atoms with Gasteiger partial charge in [-0.1, -0.05) is 112 Å². The second-order valence-corrected chi connectivity index (χ2v) is 13.6. The molecule has 0 radical (unpaired) electrons. The lowest BCUT2D eigenvalue weighted by molar-refractivity contribution is -0.883. The predicted molar refractivity (Wildman–Crippen MR) is 164 cm³/mol. The van der Waals surface area contributed by atoms with Crippen LogP contribution in [-0.4, -0.2) is 32.7 Å². The van der Waals surface area contributed by atoms with E-state index in [1.807, 2.05) is 0 Å². The number of hydrogen-bond donors (Lipinski definition) is 2. The third-order valence-electron chi connectivity index (χ3n) is 9.10. The summed E-state index contributed by atoms with van der Waals surface area (Å²) in [6, 6.07) is 0.0147. The number of quaternary nitrogens is 1. The van der Waals surface area contributed by atoms with Crippen LogP contribution in [0.3, 0.4) is 0 Å². The van der Waals surface area contributed by atoms with Crippen molar-refractivity contribution in [1.29, 1.82) is 0 Å². The SMILES string of the molecule is CCCCCCCC/C=C\CCCCCCCC[N+](C(CC)C(C)CC)(C(CC)C(C)CC)P(=O)(O)O. The second kappa shape index (κ2) is 21.6. The first-order valence-electron chi connectivity index (χ1n) is 16.3. The van der Waals surface area contributed by atoms with E-state index in [9.17, 15) is 14.4 Å². The summed E-state index contributed by atoms with van der Waals surface area (Å²) in [4.78, 5) is 21.8. The Kier molecular flexibility index (Phi) is 21.6. The zero-order chi connectivity index (χ0) is 28.2. The Balaban J connectivity index is 4.75. The fourth-order valence-electron chi connectivity index (χ4n) is 6.57. The Hall–Kier alpha value is -0.150. The van der Waals surface area contributed by atoms with Gasteiger partial charge in [0, 0.05) is 11.8 Å². The summed E-state index contributed by atoms with van der Waals surface area (Å²) in [5.41, 5.74) is 0. The summed E-state index contributed by atoms with van der Waals surface area (Å²) in [5.74, 6) is 0.592. The zero-order valence-corrected chi connectivity index (χ0v) is 27.0. The van der Waals surface area contributed by atoms with E-state index < -0.39 is 7.75 Å². The van der Waals surface area contributed by atoms with Gasteiger partial charge in [0.1, 0.15) is 0 Å². The number of rotatable bonds is 25. The molecule has 5 heteroatoms. The first-order chi connectivity index (χ1) is 17.7. The Bertz CT molecular complexity index is 585. The molecule has 0 amide bonds. The van der Waals surface area contributed by atoms with Crippen molar-refractivity contribution >= 4 is 7.75 Å². The van der Waals surface area contributed by atoms with Crippen LogP contribution < -0.4 is 0 Å². The quantitative estimate of drug-likeness (QED) is 0.0682. The highest BCUT2D eigenvalue weighted by Gasteiger charge is 2.57. The van der Waals surface area contributed by atoms with Gasteiger partial charge in [0.2, 0.25) is 0 Å². The van der Waals surface area contributed by atoms with Gasteiger partial charge in [-0.25, -0.2) is 8.82 Å². The Labute approximate surface area is 232 Å². The van der Waals surface area contributed by atoms with Crippen LogP contribution in [0.5, 0.6) is 0 Å². The summed E-state index contributed by atoms with van der Waals surface area (Å²) in [6.45, 7) is 15.9. The third-order valence-corrected chi connectivity index (χ3v) is 10.9. The van der Waals surface area contributed by atoms with E-state index in [-0.39, 0.29) is 16.3 Å². The van der Waals surface area contributed by atoms with Crippen LogP contribution >= 0.6 is 7.75 Å². The lowest BCUT2D eigenvalue weighted by Crippen LogP contribution is -2.62. The van der Waals surface area contributed by atoms with Crippen LogP contribution in [0.15, 0.2) is 12.2 Å². The molecule has 2 N–H and O–H groups in total. The Morgan fingerprint density at radius 1 is 0.595 bits per heavy atom. The average Bonchev–Trinajstić information content (AvgIpc) is 2.87. The first-order valence-corrected chi connectivity index (χ1v) is 17.8. The minimum Gasteiger partial charge on any atom is -0.279 e. The van der Waals surface area contributed by atoms with E-state index in [1.54, 1.807) is 0 Å². The third kappa shape index (κ3) is 13.2. The molecular formula is C32H67NO3P+. The lowest BCUT2D eigenvalue weighted by atomic mass is 9.88. The normalized spacial score (nSPS) is 17.5. The molecule has 0 aliphatic rings. The molecule has 4 unspecified atom stereocenters. The largest absolute Gasteiger partial charge is 0.526 e. The summed E-state index contributed by atoms with van der Waals surface area (Å²) < 4.78 is 13.4. The molecular weight excluding hydrogens is 477 g/mol. The molecule has 0 aliphatic heterocycles. The van der Waals surface area contributed by atoms with Crippen molar-refractivity contribution in [3.05, 3.63) is 12.2 Å². The average molecular weight is 545 g/mol. The summed E-state index contributed by atoms with van der Waals surface area (Å²) in [6.07, 6.45) is 25.8. The van der Waals surface area contributed by atoms with Crippen LogP contribution in [0.2, 0.25) is 0 Å². The van der Waals surface area contributed by atoms with Gasteiger partial charge in [0.05, 0.1) is 18.6 Å². The number of hydrogen-bond acceptors (Lipinski definition) is 1. The Morgan fingerprint density at radius 2 is 0.973 bits per heavy atom. The molecule has 4 atom stereocenters. The van der Waals surface area contributed by atoms with Gasteiger partial charge < -0.3 is 0 Å². The summed E-state index contributed by atoms with van der Waals surface area (Å²) in [5, 5.41) is 0. The van der Waals surface area contributed by atoms with Gasteiger partial charge in [0.15, 0.2) is 0 Å². The van der Waals surface area contributed by atoms with Crippen molar-refractivity contribution in [2.45, 2.75) is 176 Å². The monoisotopic (exact) mass is 544 g/mol. The molecule has 0 bridgehead atoms. The number of nitrogens with zero attached hydrogens (tertiary/aromatic N) is 1. The van der Waals surface area contributed by atoms with E-state index in [0.717, 1.165) is 38.5 Å². The fraction of sp³-hybridized carbons (Fsp3) is 0.938. The highest BCUT2D eigenvalue weighted by Crippen LogP contribution is 2.57. The van der Waals surface area contributed by atoms with Crippen molar-refractivity contribution in [3.8, 4) is 0 Å². The molecule has 0 saturated heterocycles. The molecule has 0 aromatic heterocycles. The second-order valence-electron chi connectivity index (χ2n) is 11.8. The maximum absolute atomic E-state index is 13.3. The van der Waals surface area contributed by atoms with Crippen LogP contribution in [0, 0.1) is 11.8 Å². The van der Waals surface area contributed by atoms with Gasteiger partial charge >= 0.3 is 7.75 Å². The maximum Gasteiger partial charge on any atom is 0.526 e. The van der Waals surface area contributed by atoms with Gasteiger partial charge in [-0.3, -0.25) is 9.79 Å². The minimum atomic E-state index is -4.35. The molecule has 0 fully saturated rings. The lowest BCUT2D eigenvalue weighted by Gasteiger charge is -2.52. The van der Waals surface area contributed by atoms with E-state index in [2.05, 4.69) is 60.6 Å². The topological polar surface area (TPSA) is 57.5 Å². The summed E-state index contributed by atoms with van der Waals surface area (Å²) >= 11 is 0. The number of unbranched alkanes of at least 4 members (excludes halogenated alkanes) is 12. The minimum absolute atomic E-state index is 0.00733. The van der Waals surface area contributed by atoms with E-state index in [0.29, 0.717) is 18.4 Å². The van der Waals surface area contributed by atoms with Crippen LogP contribution in [0.1, 0.15) is 164 Å². The van der Waals surface area contributed by atoms with Crippen molar-refractivity contribution in [1.82, 2.24) is 0 Å². The van der Waals surface area contributed by atoms with E-state index in [1.165, 1.54) is 77.0 Å². The number of allylic oxidation sites excluding steroid dienone is 2. The van der Waals surface area contributed by atoms with Gasteiger partial charge in [0.25, 0.3) is 0 Å². The highest BCUT2D eigenvalue weighted by molar-refractivity contribution is 7.45. The molecule has 0 aromatic carbocycles. The molecule has 0 rings (SSSR count). The predicted octanol–water partition coefficient (Wildman–Crippen LogP) is 10.6. The standard InChI is InChI=1S/C32H66NO3P/c1-8-13-14-15-16-17-18-19-20-21-22-23-24-25-26-27-28-33(37(34,35)36,31(11-4)29(6)9-2)32(12-5)30(7)10-3/h19-20,29-32H,8-18,21-28H2,1-7H3,(H-,34,35,36)/p+1/b20-19-. The molecule has 0 aromatic rings. The first kappa shape index (κ1) is 36.8. The van der Waals surface area contributed by atoms with Crippen molar-refractivity contribution in [3.63, 3.8) is 0 Å². The molecule has 0 aliphatic carbocycles. The molecule has 0 spiro atoms. The fourth-order valence-corrected chi connectivity index (χ4v) is 8.53. The smallest absolute Gasteiger partial charge is 0.279 e. The van der Waals surface area contributed by atoms with E-state index in [4.69, 9.17) is 0 Å². The molecule has 4 nitrogen and oxygen atoms in total. The molecule has 0 heterocycles. The molecule has 0 saturated carbocycles. The molecule has 222 valence electrons. The van der Waals surface area contributed by atoms with Gasteiger partial charge in [-0.15, -0.1) is 0 Å². The highest BCUT2D eigenvalue weighted by atomic mass is 31.2. The summed E-state index contributed by atoms with van der Waals surface area (Å²) in [7, 11) is -4.35. The van der Waals surface area contributed by atoms with Crippen LogP contribution in [-0.2, 0) is 4.57 Å².